The van der Waals surface area contributed by atoms with E-state index < -0.39 is 22.8 Å². The Hall–Kier alpha value is -2.48. The number of rotatable bonds is 8. The lowest BCUT2D eigenvalue weighted by molar-refractivity contribution is -0.686. The number of nitro groups is 1. The van der Waals surface area contributed by atoms with Gasteiger partial charge in [0.2, 0.25) is 5.91 Å². The van der Waals surface area contributed by atoms with Crippen LogP contribution < -0.4 is 15.7 Å². The lowest BCUT2D eigenvalue weighted by Gasteiger charge is -2.17. The van der Waals surface area contributed by atoms with Crippen LogP contribution >= 0.6 is 0 Å². The Morgan fingerprint density at radius 3 is 2.59 bits per heavy atom. The molecule has 8 heteroatoms. The van der Waals surface area contributed by atoms with Gasteiger partial charge >= 0.3 is 0 Å². The van der Waals surface area contributed by atoms with E-state index in [1.807, 2.05) is 13.8 Å². The molecule has 0 aromatic heterocycles. The van der Waals surface area contributed by atoms with E-state index >= 15 is 0 Å². The topological polar surface area (TPSA) is 129 Å². The lowest BCUT2D eigenvalue weighted by atomic mass is 10.1. The molecule has 120 valence electrons. The van der Waals surface area contributed by atoms with Gasteiger partial charge in [-0.2, -0.15) is 0 Å². The van der Waals surface area contributed by atoms with Crippen molar-refractivity contribution in [2.75, 3.05) is 11.9 Å². The molecule has 0 saturated carbocycles. The van der Waals surface area contributed by atoms with E-state index in [4.69, 9.17) is 0 Å². The summed E-state index contributed by atoms with van der Waals surface area (Å²) in [4.78, 5) is 33.0. The maximum Gasteiger partial charge on any atom is 0.271 e. The molecule has 1 aromatic rings. The number of amides is 1. The minimum Gasteiger partial charge on any atom is -0.544 e. The molecule has 3 N–H and O–H groups in total. The molecule has 0 spiro atoms. The second-order valence-electron chi connectivity index (χ2n) is 5.35. The Balaban J connectivity index is 2.65. The molecular weight excluding hydrogens is 290 g/mol. The van der Waals surface area contributed by atoms with Gasteiger partial charge in [-0.25, -0.2) is 0 Å². The number of aliphatic carboxylic acids is 1. The van der Waals surface area contributed by atoms with Gasteiger partial charge in [0.05, 0.1) is 23.9 Å². The van der Waals surface area contributed by atoms with Gasteiger partial charge in [0, 0.05) is 23.7 Å². The second-order valence-corrected chi connectivity index (χ2v) is 5.35. The van der Waals surface area contributed by atoms with Crippen LogP contribution in [0.1, 0.15) is 20.3 Å². The van der Waals surface area contributed by atoms with Crippen molar-refractivity contribution < 1.29 is 24.9 Å². The van der Waals surface area contributed by atoms with Crippen LogP contribution in [0, 0.1) is 16.0 Å². The summed E-state index contributed by atoms with van der Waals surface area (Å²) in [6.07, 6.45) is -0.266. The van der Waals surface area contributed by atoms with Crippen LogP contribution in [0.15, 0.2) is 24.3 Å². The zero-order chi connectivity index (χ0) is 16.7. The van der Waals surface area contributed by atoms with E-state index in [0.717, 1.165) is 0 Å². The highest BCUT2D eigenvalue weighted by Gasteiger charge is 2.19. The van der Waals surface area contributed by atoms with Gasteiger partial charge in [-0.1, -0.05) is 19.9 Å². The van der Waals surface area contributed by atoms with Crippen molar-refractivity contribution in [2.24, 2.45) is 5.92 Å². The summed E-state index contributed by atoms with van der Waals surface area (Å²) in [6, 6.07) is 4.46. The number of hydrogen-bond donors (Lipinski definition) is 2. The third kappa shape index (κ3) is 5.88. The SMILES string of the molecule is CC(C)C[NH2+][C@@H](CC(=O)Nc1cccc([N+](=O)[O-])c1)C(=O)[O-]. The first-order valence-electron chi connectivity index (χ1n) is 6.88. The van der Waals surface area contributed by atoms with Crippen molar-refractivity contribution >= 4 is 23.3 Å². The normalized spacial score (nSPS) is 12.0. The number of nitrogens with two attached hydrogens (primary N) is 1. The van der Waals surface area contributed by atoms with Gasteiger partial charge in [0.25, 0.3) is 5.69 Å². The number of non-ortho nitro benzene ring substituents is 1. The molecule has 1 amide bonds. The molecule has 0 unspecified atom stereocenters. The maximum atomic E-state index is 11.9. The summed E-state index contributed by atoms with van der Waals surface area (Å²) in [5.41, 5.74) is 0.0979. The van der Waals surface area contributed by atoms with E-state index in [9.17, 15) is 24.8 Å². The smallest absolute Gasteiger partial charge is 0.271 e. The highest BCUT2D eigenvalue weighted by Crippen LogP contribution is 2.17. The maximum absolute atomic E-state index is 11.9. The number of carbonyl (C=O) groups is 2. The van der Waals surface area contributed by atoms with Crippen LogP contribution in [0.5, 0.6) is 0 Å². The largest absolute Gasteiger partial charge is 0.544 e. The lowest BCUT2D eigenvalue weighted by Crippen LogP contribution is -2.94. The Labute approximate surface area is 127 Å². The highest BCUT2D eigenvalue weighted by atomic mass is 16.6. The number of carbonyl (C=O) groups excluding carboxylic acids is 2. The van der Waals surface area contributed by atoms with Gasteiger partial charge in [0.1, 0.15) is 6.04 Å². The molecule has 1 aromatic carbocycles. The van der Waals surface area contributed by atoms with Crippen LogP contribution in [-0.4, -0.2) is 29.4 Å². The molecule has 1 atom stereocenters. The summed E-state index contributed by atoms with van der Waals surface area (Å²) in [7, 11) is 0. The third-order valence-electron chi connectivity index (χ3n) is 2.94. The Bertz CT molecular complexity index is 559. The van der Waals surface area contributed by atoms with Gasteiger partial charge in [0.15, 0.2) is 0 Å². The fraction of sp³-hybridized carbons (Fsp3) is 0.429. The summed E-state index contributed by atoms with van der Waals surface area (Å²) in [5.74, 6) is -1.56. The van der Waals surface area contributed by atoms with Crippen molar-refractivity contribution in [3.63, 3.8) is 0 Å². The molecule has 8 nitrogen and oxygen atoms in total. The predicted molar refractivity (Wildman–Crippen MR) is 76.8 cm³/mol. The minimum absolute atomic E-state index is 0.152. The van der Waals surface area contributed by atoms with Crippen molar-refractivity contribution in [1.29, 1.82) is 0 Å². The van der Waals surface area contributed by atoms with E-state index in [0.29, 0.717) is 6.54 Å². The number of anilines is 1. The number of carboxylic acid groups (broad SMARTS) is 1. The summed E-state index contributed by atoms with van der Waals surface area (Å²) in [6.45, 7) is 4.43. The van der Waals surface area contributed by atoms with Crippen molar-refractivity contribution in [1.82, 2.24) is 0 Å². The number of quaternary nitrogens is 1. The molecule has 0 fully saturated rings. The monoisotopic (exact) mass is 309 g/mol. The van der Waals surface area contributed by atoms with Gasteiger partial charge in [-0.05, 0) is 6.07 Å². The molecule has 0 aliphatic rings. The van der Waals surface area contributed by atoms with Gasteiger partial charge < -0.3 is 20.5 Å². The minimum atomic E-state index is -1.31. The quantitative estimate of drug-likeness (QED) is 0.482. The van der Waals surface area contributed by atoms with Crippen LogP contribution in [0.3, 0.4) is 0 Å². The fourth-order valence-corrected chi connectivity index (χ4v) is 1.81. The molecule has 0 bridgehead atoms. The number of nitro benzene ring substituents is 1. The first-order chi connectivity index (χ1) is 10.3. The number of hydrogen-bond acceptors (Lipinski definition) is 5. The fourth-order valence-electron chi connectivity index (χ4n) is 1.81. The Morgan fingerprint density at radius 2 is 2.05 bits per heavy atom. The van der Waals surface area contributed by atoms with Crippen LogP contribution in [0.25, 0.3) is 0 Å². The first-order valence-corrected chi connectivity index (χ1v) is 6.88. The predicted octanol–water partition coefficient (Wildman–Crippen LogP) is -0.739. The molecule has 0 saturated heterocycles. The zero-order valence-electron chi connectivity index (χ0n) is 12.4. The average molecular weight is 309 g/mol. The number of carboxylic acids is 1. The summed E-state index contributed by atoms with van der Waals surface area (Å²) in [5, 5.41) is 25.7. The molecule has 1 rings (SSSR count). The Morgan fingerprint density at radius 1 is 1.36 bits per heavy atom. The van der Waals surface area contributed by atoms with Crippen LogP contribution in [0.4, 0.5) is 11.4 Å². The third-order valence-corrected chi connectivity index (χ3v) is 2.94. The standard InChI is InChI=1S/C14H19N3O5/c1-9(2)8-15-12(14(19)20)7-13(18)16-10-4-3-5-11(6-10)17(21)22/h3-6,9,12,15H,7-8H2,1-2H3,(H,16,18)(H,19,20)/t12-/m0/s1. The molecular formula is C14H19N3O5. The second kappa shape index (κ2) is 8.08. The van der Waals surface area contributed by atoms with Crippen LogP contribution in [0.2, 0.25) is 0 Å². The van der Waals surface area contributed by atoms with E-state index in [1.54, 1.807) is 5.32 Å². The first kappa shape index (κ1) is 17.6. The van der Waals surface area contributed by atoms with Crippen molar-refractivity contribution in [3.8, 4) is 0 Å². The molecule has 0 radical (unpaired) electrons. The Kier molecular flexibility index (Phi) is 6.46. The van der Waals surface area contributed by atoms with E-state index in [-0.39, 0.29) is 23.7 Å². The number of benzene rings is 1. The van der Waals surface area contributed by atoms with Crippen molar-refractivity contribution in [2.45, 2.75) is 26.3 Å². The molecule has 0 aliphatic heterocycles. The zero-order valence-corrected chi connectivity index (χ0v) is 12.4. The number of nitrogens with one attached hydrogen (secondary N) is 1. The van der Waals surface area contributed by atoms with E-state index in [1.165, 1.54) is 24.3 Å². The average Bonchev–Trinajstić information content (AvgIpc) is 2.43. The van der Waals surface area contributed by atoms with Crippen LogP contribution in [-0.2, 0) is 9.59 Å². The molecule has 22 heavy (non-hydrogen) atoms. The van der Waals surface area contributed by atoms with Crippen molar-refractivity contribution in [3.05, 3.63) is 34.4 Å². The summed E-state index contributed by atoms with van der Waals surface area (Å²) < 4.78 is 0. The molecule has 0 heterocycles. The van der Waals surface area contributed by atoms with E-state index in [2.05, 4.69) is 5.32 Å². The summed E-state index contributed by atoms with van der Waals surface area (Å²) >= 11 is 0. The number of nitrogens with zero attached hydrogens (tertiary/aromatic N) is 1. The molecule has 0 aliphatic carbocycles. The van der Waals surface area contributed by atoms with Gasteiger partial charge in [-0.3, -0.25) is 14.9 Å². The van der Waals surface area contributed by atoms with Gasteiger partial charge in [-0.15, -0.1) is 0 Å². The highest BCUT2D eigenvalue weighted by molar-refractivity contribution is 5.93.